The van der Waals surface area contributed by atoms with Gasteiger partial charge >= 0.3 is 6.36 Å². The van der Waals surface area contributed by atoms with Crippen LogP contribution in [0.15, 0.2) is 24.3 Å². The molecule has 8 heteroatoms. The van der Waals surface area contributed by atoms with Crippen LogP contribution in [0.1, 0.15) is 18.4 Å². The second kappa shape index (κ2) is 7.69. The molecule has 1 N–H and O–H groups in total. The zero-order valence-corrected chi connectivity index (χ0v) is 12.8. The molecule has 1 heterocycles. The molecule has 1 fully saturated rings. The Hall–Kier alpha value is -1.47. The van der Waals surface area contributed by atoms with Crippen LogP contribution in [0.5, 0.6) is 5.75 Å². The van der Waals surface area contributed by atoms with Crippen molar-refractivity contribution >= 4 is 18.3 Å². The molecule has 0 aliphatic carbocycles. The summed E-state index contributed by atoms with van der Waals surface area (Å²) in [7, 11) is 1.64. The third-order valence-electron chi connectivity index (χ3n) is 3.29. The van der Waals surface area contributed by atoms with Crippen LogP contribution >= 0.6 is 12.4 Å². The van der Waals surface area contributed by atoms with E-state index in [1.807, 2.05) is 0 Å². The fourth-order valence-corrected chi connectivity index (χ4v) is 2.35. The van der Waals surface area contributed by atoms with Gasteiger partial charge in [-0.2, -0.15) is 0 Å². The summed E-state index contributed by atoms with van der Waals surface area (Å²) in [5.74, 6) is -0.325. The molecular weight excluding hydrogens is 321 g/mol. The molecule has 0 spiro atoms. The van der Waals surface area contributed by atoms with Crippen molar-refractivity contribution in [2.24, 2.45) is 0 Å². The summed E-state index contributed by atoms with van der Waals surface area (Å²) in [4.78, 5) is 13.6. The van der Waals surface area contributed by atoms with Gasteiger partial charge in [0.15, 0.2) is 0 Å². The third-order valence-corrected chi connectivity index (χ3v) is 3.29. The van der Waals surface area contributed by atoms with Crippen molar-refractivity contribution in [1.29, 1.82) is 0 Å². The average Bonchev–Trinajstić information content (AvgIpc) is 2.89. The number of alkyl halides is 3. The van der Waals surface area contributed by atoms with Crippen LogP contribution in [0.2, 0.25) is 0 Å². The Morgan fingerprint density at radius 1 is 1.45 bits per heavy atom. The zero-order chi connectivity index (χ0) is 15.5. The first-order chi connectivity index (χ1) is 9.85. The highest BCUT2D eigenvalue weighted by molar-refractivity contribution is 5.85. The van der Waals surface area contributed by atoms with Crippen LogP contribution in [0.4, 0.5) is 13.2 Å². The van der Waals surface area contributed by atoms with E-state index >= 15 is 0 Å². The fraction of sp³-hybridized carbons (Fsp3) is 0.500. The third kappa shape index (κ3) is 5.38. The number of hydrogen-bond donors (Lipinski definition) is 1. The van der Waals surface area contributed by atoms with E-state index in [1.165, 1.54) is 23.1 Å². The minimum absolute atomic E-state index is 0. The van der Waals surface area contributed by atoms with Gasteiger partial charge < -0.3 is 15.0 Å². The summed E-state index contributed by atoms with van der Waals surface area (Å²) in [6.45, 7) is 1.06. The fourth-order valence-electron chi connectivity index (χ4n) is 2.35. The number of carbonyl (C=O) groups excluding carboxylic acids is 1. The summed E-state index contributed by atoms with van der Waals surface area (Å²) in [5, 5.41) is 3.10. The number of ether oxygens (including phenoxy) is 1. The van der Waals surface area contributed by atoms with E-state index in [0.29, 0.717) is 5.56 Å². The van der Waals surface area contributed by atoms with Gasteiger partial charge in [-0.3, -0.25) is 4.79 Å². The predicted octanol–water partition coefficient (Wildman–Crippen LogP) is 2.72. The molecule has 1 aliphatic heterocycles. The lowest BCUT2D eigenvalue weighted by Crippen LogP contribution is -2.41. The van der Waals surface area contributed by atoms with Crippen molar-refractivity contribution in [3.8, 4) is 5.75 Å². The monoisotopic (exact) mass is 338 g/mol. The van der Waals surface area contributed by atoms with Crippen LogP contribution in [-0.2, 0) is 11.3 Å². The molecular formula is C14H18ClF3N2O2. The Bertz CT molecular complexity index is 505. The number of nitrogens with one attached hydrogen (secondary N) is 1. The van der Waals surface area contributed by atoms with Gasteiger partial charge in [0.05, 0.1) is 6.04 Å². The molecule has 1 unspecified atom stereocenters. The van der Waals surface area contributed by atoms with Gasteiger partial charge in [-0.05, 0) is 37.1 Å². The van der Waals surface area contributed by atoms with Crippen LogP contribution in [-0.4, -0.2) is 36.8 Å². The molecule has 22 heavy (non-hydrogen) atoms. The minimum Gasteiger partial charge on any atom is -0.406 e. The zero-order valence-electron chi connectivity index (χ0n) is 12.0. The number of rotatable bonds is 4. The first kappa shape index (κ1) is 18.6. The summed E-state index contributed by atoms with van der Waals surface area (Å²) < 4.78 is 40.4. The number of likely N-dealkylation sites (N-methyl/N-ethyl adjacent to an activating group) is 1. The van der Waals surface area contributed by atoms with Crippen LogP contribution in [0, 0.1) is 0 Å². The van der Waals surface area contributed by atoms with E-state index in [1.54, 1.807) is 13.1 Å². The van der Waals surface area contributed by atoms with E-state index in [9.17, 15) is 18.0 Å². The molecule has 0 saturated carbocycles. The Labute approximate surface area is 133 Å². The van der Waals surface area contributed by atoms with Crippen molar-refractivity contribution in [3.63, 3.8) is 0 Å². The first-order valence-electron chi connectivity index (χ1n) is 6.68. The van der Waals surface area contributed by atoms with Crippen molar-refractivity contribution in [2.45, 2.75) is 31.8 Å². The van der Waals surface area contributed by atoms with Gasteiger partial charge in [-0.25, -0.2) is 0 Å². The SMILES string of the molecule is CN(Cc1cccc(OC(F)(F)F)c1)C(=O)C1CCCN1.Cl. The Morgan fingerprint density at radius 3 is 2.77 bits per heavy atom. The number of amides is 1. The van der Waals surface area contributed by atoms with Crippen molar-refractivity contribution < 1.29 is 22.7 Å². The number of carbonyl (C=O) groups is 1. The Morgan fingerprint density at radius 2 is 2.18 bits per heavy atom. The molecule has 1 amide bonds. The second-order valence-electron chi connectivity index (χ2n) is 5.04. The van der Waals surface area contributed by atoms with Gasteiger partial charge in [0.25, 0.3) is 0 Å². The van der Waals surface area contributed by atoms with E-state index in [2.05, 4.69) is 10.1 Å². The quantitative estimate of drug-likeness (QED) is 0.918. The normalized spacial score (nSPS) is 17.7. The van der Waals surface area contributed by atoms with Gasteiger partial charge in [0.1, 0.15) is 5.75 Å². The molecule has 124 valence electrons. The average molecular weight is 339 g/mol. The first-order valence-corrected chi connectivity index (χ1v) is 6.68. The molecule has 1 aromatic carbocycles. The molecule has 0 radical (unpaired) electrons. The highest BCUT2D eigenvalue weighted by atomic mass is 35.5. The molecule has 4 nitrogen and oxygen atoms in total. The summed E-state index contributed by atoms with van der Waals surface area (Å²) in [6.07, 6.45) is -2.96. The maximum Gasteiger partial charge on any atom is 0.573 e. The number of halogens is 4. The largest absolute Gasteiger partial charge is 0.573 e. The van der Waals surface area contributed by atoms with Gasteiger partial charge in [0, 0.05) is 13.6 Å². The van der Waals surface area contributed by atoms with Crippen LogP contribution in [0.3, 0.4) is 0 Å². The van der Waals surface area contributed by atoms with Crippen molar-refractivity contribution in [1.82, 2.24) is 10.2 Å². The molecule has 1 aliphatic rings. The Balaban J connectivity index is 0.00000242. The number of nitrogens with zero attached hydrogens (tertiary/aromatic N) is 1. The van der Waals surface area contributed by atoms with E-state index in [-0.39, 0.29) is 36.7 Å². The maximum absolute atomic E-state index is 12.2. The maximum atomic E-state index is 12.2. The lowest BCUT2D eigenvalue weighted by Gasteiger charge is -2.21. The van der Waals surface area contributed by atoms with Crippen LogP contribution < -0.4 is 10.1 Å². The number of benzene rings is 1. The molecule has 2 rings (SSSR count). The van der Waals surface area contributed by atoms with Gasteiger partial charge in [-0.15, -0.1) is 25.6 Å². The summed E-state index contributed by atoms with van der Waals surface area (Å²) >= 11 is 0. The van der Waals surface area contributed by atoms with Gasteiger partial charge in [0.2, 0.25) is 5.91 Å². The highest BCUT2D eigenvalue weighted by Gasteiger charge is 2.31. The molecule has 1 saturated heterocycles. The number of hydrogen-bond acceptors (Lipinski definition) is 3. The van der Waals surface area contributed by atoms with E-state index < -0.39 is 6.36 Å². The van der Waals surface area contributed by atoms with Crippen molar-refractivity contribution in [3.05, 3.63) is 29.8 Å². The second-order valence-corrected chi connectivity index (χ2v) is 5.04. The van der Waals surface area contributed by atoms with Crippen LogP contribution in [0.25, 0.3) is 0 Å². The standard InChI is InChI=1S/C14H17F3N2O2.ClH/c1-19(13(20)12-6-3-7-18-12)9-10-4-2-5-11(8-10)21-14(15,16)17;/h2,4-5,8,12,18H,3,6-7,9H2,1H3;1H. The molecule has 1 aromatic rings. The predicted molar refractivity (Wildman–Crippen MR) is 77.9 cm³/mol. The van der Waals surface area contributed by atoms with E-state index in [4.69, 9.17) is 0 Å². The molecule has 0 bridgehead atoms. The smallest absolute Gasteiger partial charge is 0.406 e. The van der Waals surface area contributed by atoms with Gasteiger partial charge in [-0.1, -0.05) is 12.1 Å². The summed E-state index contributed by atoms with van der Waals surface area (Å²) in [5.41, 5.74) is 0.589. The molecule has 1 atom stereocenters. The molecule has 0 aromatic heterocycles. The lowest BCUT2D eigenvalue weighted by atomic mass is 10.1. The highest BCUT2D eigenvalue weighted by Crippen LogP contribution is 2.23. The summed E-state index contributed by atoms with van der Waals surface area (Å²) in [6, 6.07) is 5.47. The lowest BCUT2D eigenvalue weighted by molar-refractivity contribution is -0.274. The Kier molecular flexibility index (Phi) is 6.49. The van der Waals surface area contributed by atoms with E-state index in [0.717, 1.165) is 19.4 Å². The minimum atomic E-state index is -4.71. The van der Waals surface area contributed by atoms with Crippen molar-refractivity contribution in [2.75, 3.05) is 13.6 Å². The topological polar surface area (TPSA) is 41.6 Å².